The fourth-order valence-corrected chi connectivity index (χ4v) is 3.99. The summed E-state index contributed by atoms with van der Waals surface area (Å²) in [5.41, 5.74) is 3.76. The third kappa shape index (κ3) is 5.26. The Morgan fingerprint density at radius 1 is 1.00 bits per heavy atom. The molecule has 0 atom stereocenters. The topological polar surface area (TPSA) is 74.0 Å². The van der Waals surface area contributed by atoms with Crippen LogP contribution in [0.2, 0.25) is 5.02 Å². The maximum atomic E-state index is 13.1. The van der Waals surface area contributed by atoms with Gasteiger partial charge in [-0.3, -0.25) is 4.79 Å². The molecule has 5 nitrogen and oxygen atoms in total. The van der Waals surface area contributed by atoms with Crippen molar-refractivity contribution in [2.24, 2.45) is 10.2 Å². The number of azo groups is 1. The SMILES string of the molecule is CCCCc1ccc(NC(=O)c2cc3ccccc3c(N=Nc3ccc(Cl)cc3C)c2O)cc1. The van der Waals surface area contributed by atoms with Gasteiger partial charge in [0.1, 0.15) is 5.69 Å². The number of phenols is 1. The molecular formula is C28H26ClN3O2. The molecule has 0 heterocycles. The minimum atomic E-state index is -0.413. The van der Waals surface area contributed by atoms with E-state index in [1.165, 1.54) is 5.56 Å². The first-order valence-electron chi connectivity index (χ1n) is 11.3. The molecule has 1 amide bonds. The smallest absolute Gasteiger partial charge is 0.259 e. The predicted octanol–water partition coefficient (Wildman–Crippen LogP) is 8.52. The minimum absolute atomic E-state index is 0.135. The molecule has 4 aromatic rings. The summed E-state index contributed by atoms with van der Waals surface area (Å²) < 4.78 is 0. The Hall–Kier alpha value is -3.70. The quantitative estimate of drug-likeness (QED) is 0.265. The summed E-state index contributed by atoms with van der Waals surface area (Å²) in [6.07, 6.45) is 3.28. The Labute approximate surface area is 204 Å². The second-order valence-electron chi connectivity index (χ2n) is 8.23. The third-order valence-corrected chi connectivity index (χ3v) is 5.92. The summed E-state index contributed by atoms with van der Waals surface area (Å²) in [7, 11) is 0. The molecule has 0 saturated heterocycles. The lowest BCUT2D eigenvalue weighted by molar-refractivity contribution is 0.102. The maximum absolute atomic E-state index is 13.1. The van der Waals surface area contributed by atoms with E-state index >= 15 is 0 Å². The average molecular weight is 472 g/mol. The number of carbonyl (C=O) groups excluding carboxylic acids is 1. The Morgan fingerprint density at radius 2 is 1.76 bits per heavy atom. The van der Waals surface area contributed by atoms with Crippen LogP contribution in [0.3, 0.4) is 0 Å². The highest BCUT2D eigenvalue weighted by Gasteiger charge is 2.18. The van der Waals surface area contributed by atoms with E-state index in [1.807, 2.05) is 55.5 Å². The van der Waals surface area contributed by atoms with Crippen LogP contribution in [0.4, 0.5) is 17.1 Å². The van der Waals surface area contributed by atoms with Crippen molar-refractivity contribution >= 4 is 45.3 Å². The fraction of sp³-hybridized carbons (Fsp3) is 0.179. The Bertz CT molecular complexity index is 1360. The lowest BCUT2D eigenvalue weighted by Crippen LogP contribution is -2.12. The zero-order valence-corrected chi connectivity index (χ0v) is 19.9. The van der Waals surface area contributed by atoms with Gasteiger partial charge in [-0.15, -0.1) is 5.11 Å². The van der Waals surface area contributed by atoms with Crippen molar-refractivity contribution in [3.05, 3.63) is 94.5 Å². The van der Waals surface area contributed by atoms with Crippen LogP contribution in [0, 0.1) is 6.92 Å². The van der Waals surface area contributed by atoms with Gasteiger partial charge in [0.15, 0.2) is 5.75 Å². The van der Waals surface area contributed by atoms with Gasteiger partial charge >= 0.3 is 0 Å². The van der Waals surface area contributed by atoms with Gasteiger partial charge < -0.3 is 10.4 Å². The highest BCUT2D eigenvalue weighted by atomic mass is 35.5. The molecule has 0 saturated carbocycles. The summed E-state index contributed by atoms with van der Waals surface area (Å²) in [6, 6.07) is 22.2. The first-order valence-corrected chi connectivity index (χ1v) is 11.7. The van der Waals surface area contributed by atoms with E-state index < -0.39 is 5.91 Å². The largest absolute Gasteiger partial charge is 0.505 e. The summed E-state index contributed by atoms with van der Waals surface area (Å²) in [5.74, 6) is -0.630. The third-order valence-electron chi connectivity index (χ3n) is 5.69. The van der Waals surface area contributed by atoms with Crippen molar-refractivity contribution < 1.29 is 9.90 Å². The van der Waals surface area contributed by atoms with Crippen molar-refractivity contribution in [2.75, 3.05) is 5.32 Å². The molecular weight excluding hydrogens is 446 g/mol. The Morgan fingerprint density at radius 3 is 2.50 bits per heavy atom. The molecule has 0 fully saturated rings. The number of nitrogens with zero attached hydrogens (tertiary/aromatic N) is 2. The van der Waals surface area contributed by atoms with Gasteiger partial charge in [0.2, 0.25) is 0 Å². The Balaban J connectivity index is 1.67. The lowest BCUT2D eigenvalue weighted by atomic mass is 10.0. The number of unbranched alkanes of at least 4 members (excludes halogenated alkanes) is 1. The number of aryl methyl sites for hydroxylation is 2. The van der Waals surface area contributed by atoms with Crippen LogP contribution in [0.1, 0.15) is 41.3 Å². The molecule has 0 aliphatic heterocycles. The van der Waals surface area contributed by atoms with E-state index in [9.17, 15) is 9.90 Å². The molecule has 0 bridgehead atoms. The highest BCUT2D eigenvalue weighted by molar-refractivity contribution is 6.30. The number of carbonyl (C=O) groups is 1. The van der Waals surface area contributed by atoms with Crippen LogP contribution >= 0.6 is 11.6 Å². The average Bonchev–Trinajstić information content (AvgIpc) is 2.83. The van der Waals surface area contributed by atoms with Gasteiger partial charge in [-0.05, 0) is 72.7 Å². The van der Waals surface area contributed by atoms with Crippen molar-refractivity contribution in [1.82, 2.24) is 0 Å². The molecule has 4 rings (SSSR count). The van der Waals surface area contributed by atoms with Gasteiger partial charge in [0.25, 0.3) is 5.91 Å². The number of anilines is 1. The number of halogens is 1. The second kappa shape index (κ2) is 10.5. The first-order chi connectivity index (χ1) is 16.5. The van der Waals surface area contributed by atoms with Crippen LogP contribution < -0.4 is 5.32 Å². The number of nitrogens with one attached hydrogen (secondary N) is 1. The maximum Gasteiger partial charge on any atom is 0.259 e. The van der Waals surface area contributed by atoms with E-state index in [0.717, 1.165) is 30.2 Å². The van der Waals surface area contributed by atoms with Gasteiger partial charge in [-0.1, -0.05) is 61.3 Å². The van der Waals surface area contributed by atoms with E-state index in [1.54, 1.807) is 24.3 Å². The molecule has 0 unspecified atom stereocenters. The molecule has 0 radical (unpaired) electrons. The number of aromatic hydroxyl groups is 1. The van der Waals surface area contributed by atoms with Crippen molar-refractivity contribution in [1.29, 1.82) is 0 Å². The number of amides is 1. The highest BCUT2D eigenvalue weighted by Crippen LogP contribution is 2.40. The number of rotatable bonds is 7. The van der Waals surface area contributed by atoms with E-state index in [-0.39, 0.29) is 17.0 Å². The predicted molar refractivity (Wildman–Crippen MR) is 139 cm³/mol. The van der Waals surface area contributed by atoms with E-state index in [4.69, 9.17) is 11.6 Å². The number of phenolic OH excluding ortho intramolecular Hbond substituents is 1. The number of hydrogen-bond donors (Lipinski definition) is 2. The van der Waals surface area contributed by atoms with Crippen molar-refractivity contribution in [3.63, 3.8) is 0 Å². The molecule has 4 aromatic carbocycles. The second-order valence-corrected chi connectivity index (χ2v) is 8.66. The summed E-state index contributed by atoms with van der Waals surface area (Å²) >= 11 is 6.03. The first kappa shape index (κ1) is 23.5. The Kier molecular flexibility index (Phi) is 7.24. The molecule has 172 valence electrons. The number of hydrogen-bond acceptors (Lipinski definition) is 4. The van der Waals surface area contributed by atoms with Crippen LogP contribution in [0.5, 0.6) is 5.75 Å². The summed E-state index contributed by atoms with van der Waals surface area (Å²) in [4.78, 5) is 13.1. The van der Waals surface area contributed by atoms with E-state index in [2.05, 4.69) is 22.5 Å². The number of benzene rings is 4. The van der Waals surface area contributed by atoms with Crippen molar-refractivity contribution in [2.45, 2.75) is 33.1 Å². The van der Waals surface area contributed by atoms with Crippen molar-refractivity contribution in [3.8, 4) is 5.75 Å². The van der Waals surface area contributed by atoms with Gasteiger partial charge in [0, 0.05) is 16.1 Å². The zero-order chi connectivity index (χ0) is 24.1. The fourth-order valence-electron chi connectivity index (χ4n) is 3.76. The normalized spacial score (nSPS) is 11.3. The van der Waals surface area contributed by atoms with Crippen LogP contribution in [-0.4, -0.2) is 11.0 Å². The molecule has 0 spiro atoms. The van der Waals surface area contributed by atoms with E-state index in [0.29, 0.717) is 21.8 Å². The monoisotopic (exact) mass is 471 g/mol. The summed E-state index contributed by atoms with van der Waals surface area (Å²) in [6.45, 7) is 4.05. The molecule has 6 heteroatoms. The van der Waals surface area contributed by atoms with Gasteiger partial charge in [0.05, 0.1) is 11.3 Å². The number of fused-ring (bicyclic) bond motifs is 1. The molecule has 2 N–H and O–H groups in total. The molecule has 0 aromatic heterocycles. The molecule has 0 aliphatic rings. The summed E-state index contributed by atoms with van der Waals surface area (Å²) in [5, 5.41) is 24.7. The van der Waals surface area contributed by atoms with Gasteiger partial charge in [-0.2, -0.15) is 5.11 Å². The minimum Gasteiger partial charge on any atom is -0.505 e. The van der Waals surface area contributed by atoms with Crippen LogP contribution in [0.25, 0.3) is 10.8 Å². The lowest BCUT2D eigenvalue weighted by Gasteiger charge is -2.11. The molecule has 0 aliphatic carbocycles. The standard InChI is InChI=1S/C28H26ClN3O2/c1-3-4-7-19-10-13-22(14-11-19)30-28(34)24-17-20-8-5-6-9-23(20)26(27(24)33)32-31-25-15-12-21(29)16-18(25)2/h5-6,8-17,33H,3-4,7H2,1-2H3,(H,30,34). The van der Waals surface area contributed by atoms with Crippen LogP contribution in [0.15, 0.2) is 83.0 Å². The molecule has 34 heavy (non-hydrogen) atoms. The van der Waals surface area contributed by atoms with Crippen LogP contribution in [-0.2, 0) is 6.42 Å². The van der Waals surface area contributed by atoms with Gasteiger partial charge in [-0.25, -0.2) is 0 Å². The zero-order valence-electron chi connectivity index (χ0n) is 19.2.